The molecule has 0 amide bonds. The first-order chi connectivity index (χ1) is 10.6. The number of ether oxygens (including phenoxy) is 1. The molecule has 1 atom stereocenters. The maximum absolute atomic E-state index is 11.3. The van der Waals surface area contributed by atoms with E-state index < -0.39 is 11.9 Å². The molecule has 0 bridgehead atoms. The fourth-order valence-electron chi connectivity index (χ4n) is 2.27. The smallest absolute Gasteiger partial charge is 0.314 e. The maximum atomic E-state index is 11.3. The van der Waals surface area contributed by atoms with Crippen molar-refractivity contribution >= 4 is 5.97 Å². The van der Waals surface area contributed by atoms with Gasteiger partial charge in [-0.2, -0.15) is 0 Å². The molecule has 118 valence electrons. The third kappa shape index (κ3) is 4.43. The number of hydrogen-bond donors (Lipinski definition) is 1. The highest BCUT2D eigenvalue weighted by Crippen LogP contribution is 2.25. The van der Waals surface area contributed by atoms with E-state index in [1.807, 2.05) is 44.2 Å². The van der Waals surface area contributed by atoms with Gasteiger partial charge in [-0.05, 0) is 11.5 Å². The Bertz CT molecular complexity index is 592. The van der Waals surface area contributed by atoms with Crippen LogP contribution in [0.25, 0.3) is 0 Å². The Morgan fingerprint density at radius 3 is 2.68 bits per heavy atom. The second-order valence-electron chi connectivity index (χ2n) is 5.57. The molecule has 0 spiro atoms. The fourth-order valence-corrected chi connectivity index (χ4v) is 2.27. The Kier molecular flexibility index (Phi) is 5.72. The van der Waals surface area contributed by atoms with Gasteiger partial charge in [0.2, 0.25) is 0 Å². The molecule has 0 radical (unpaired) electrons. The van der Waals surface area contributed by atoms with Crippen molar-refractivity contribution in [3.05, 3.63) is 53.4 Å². The van der Waals surface area contributed by atoms with Crippen LogP contribution in [0, 0.1) is 5.92 Å². The summed E-state index contributed by atoms with van der Waals surface area (Å²) in [5, 5.41) is 13.2. The van der Waals surface area contributed by atoms with Gasteiger partial charge < -0.3 is 14.4 Å². The van der Waals surface area contributed by atoms with Gasteiger partial charge in [-0.1, -0.05) is 49.3 Å². The first-order valence-corrected chi connectivity index (χ1v) is 7.38. The summed E-state index contributed by atoms with van der Waals surface area (Å²) in [5.41, 5.74) is 1.84. The van der Waals surface area contributed by atoms with E-state index in [0.29, 0.717) is 25.4 Å². The van der Waals surface area contributed by atoms with Crippen LogP contribution < -0.4 is 0 Å². The predicted molar refractivity (Wildman–Crippen MR) is 81.5 cm³/mol. The minimum Gasteiger partial charge on any atom is -0.481 e. The van der Waals surface area contributed by atoms with Gasteiger partial charge in [0.1, 0.15) is 5.92 Å². The molecule has 1 aromatic heterocycles. The van der Waals surface area contributed by atoms with Crippen molar-refractivity contribution in [3.8, 4) is 0 Å². The van der Waals surface area contributed by atoms with Crippen LogP contribution in [0.1, 0.15) is 36.8 Å². The lowest BCUT2D eigenvalue weighted by molar-refractivity contribution is -0.140. The van der Waals surface area contributed by atoms with Crippen molar-refractivity contribution in [1.82, 2.24) is 5.16 Å². The molecule has 1 aromatic carbocycles. The molecule has 1 N–H and O–H groups in total. The van der Waals surface area contributed by atoms with Crippen LogP contribution in [0.5, 0.6) is 0 Å². The number of hydrogen-bond acceptors (Lipinski definition) is 4. The zero-order valence-corrected chi connectivity index (χ0v) is 12.9. The fraction of sp³-hybridized carbons (Fsp3) is 0.412. The normalized spacial score (nSPS) is 12.5. The van der Waals surface area contributed by atoms with Crippen LogP contribution in [0.2, 0.25) is 0 Å². The summed E-state index contributed by atoms with van der Waals surface area (Å²) in [6, 6.07) is 11.6. The lowest BCUT2D eigenvalue weighted by atomic mass is 9.93. The molecule has 1 unspecified atom stereocenters. The van der Waals surface area contributed by atoms with Crippen LogP contribution in [0.15, 0.2) is 40.9 Å². The average Bonchev–Trinajstić information content (AvgIpc) is 2.92. The Hall–Kier alpha value is -2.14. The Balaban J connectivity index is 1.83. The van der Waals surface area contributed by atoms with Gasteiger partial charge in [0.05, 0.1) is 18.9 Å². The molecule has 5 nitrogen and oxygen atoms in total. The van der Waals surface area contributed by atoms with E-state index in [1.54, 1.807) is 6.07 Å². The average molecular weight is 303 g/mol. The summed E-state index contributed by atoms with van der Waals surface area (Å²) in [6.45, 7) is 4.77. The van der Waals surface area contributed by atoms with E-state index in [9.17, 15) is 9.90 Å². The van der Waals surface area contributed by atoms with Crippen LogP contribution in [0.4, 0.5) is 0 Å². The molecule has 5 heteroatoms. The zero-order chi connectivity index (χ0) is 15.9. The molecule has 0 aliphatic heterocycles. The Morgan fingerprint density at radius 1 is 1.32 bits per heavy atom. The first-order valence-electron chi connectivity index (χ1n) is 7.38. The number of carboxylic acids is 1. The number of carboxylic acid groups (broad SMARTS) is 1. The summed E-state index contributed by atoms with van der Waals surface area (Å²) in [4.78, 5) is 11.3. The summed E-state index contributed by atoms with van der Waals surface area (Å²) in [5.74, 6) is -1.20. The number of nitrogens with zero attached hydrogens (tertiary/aromatic N) is 1. The maximum Gasteiger partial charge on any atom is 0.314 e. The molecule has 2 rings (SSSR count). The molecular weight excluding hydrogens is 282 g/mol. The van der Waals surface area contributed by atoms with Crippen LogP contribution in [-0.2, 0) is 22.6 Å². The topological polar surface area (TPSA) is 72.6 Å². The molecule has 1 heterocycles. The van der Waals surface area contributed by atoms with Gasteiger partial charge in [-0.25, -0.2) is 0 Å². The molecule has 0 aliphatic carbocycles. The summed E-state index contributed by atoms with van der Waals surface area (Å²) < 4.78 is 10.8. The molecule has 0 saturated carbocycles. The van der Waals surface area contributed by atoms with Crippen molar-refractivity contribution in [1.29, 1.82) is 0 Å². The molecule has 2 aromatic rings. The second-order valence-corrected chi connectivity index (χ2v) is 5.57. The number of aromatic nitrogens is 1. The SMILES string of the molecule is CC(C)C(C(=O)O)c1cc(CCOCc2ccccc2)no1. The van der Waals surface area contributed by atoms with Crippen molar-refractivity contribution < 1.29 is 19.2 Å². The lowest BCUT2D eigenvalue weighted by Crippen LogP contribution is -2.16. The third-order valence-corrected chi connectivity index (χ3v) is 3.43. The highest BCUT2D eigenvalue weighted by molar-refractivity contribution is 5.75. The van der Waals surface area contributed by atoms with Crippen molar-refractivity contribution in [3.63, 3.8) is 0 Å². The second kappa shape index (κ2) is 7.75. The summed E-state index contributed by atoms with van der Waals surface area (Å²) in [7, 11) is 0. The molecule has 22 heavy (non-hydrogen) atoms. The lowest BCUT2D eigenvalue weighted by Gasteiger charge is -2.11. The van der Waals surface area contributed by atoms with E-state index in [-0.39, 0.29) is 5.92 Å². The Morgan fingerprint density at radius 2 is 2.05 bits per heavy atom. The Labute approximate surface area is 129 Å². The largest absolute Gasteiger partial charge is 0.481 e. The predicted octanol–water partition coefficient (Wildman–Crippen LogP) is 3.26. The third-order valence-electron chi connectivity index (χ3n) is 3.43. The minimum absolute atomic E-state index is 0.0485. The van der Waals surface area contributed by atoms with E-state index in [4.69, 9.17) is 9.26 Å². The zero-order valence-electron chi connectivity index (χ0n) is 12.9. The molecule has 0 fully saturated rings. The van der Waals surface area contributed by atoms with Crippen LogP contribution in [-0.4, -0.2) is 22.8 Å². The number of benzene rings is 1. The molecular formula is C17H21NO4. The number of carbonyl (C=O) groups is 1. The summed E-state index contributed by atoms with van der Waals surface area (Å²) in [6.07, 6.45) is 0.598. The van der Waals surface area contributed by atoms with Gasteiger partial charge in [0, 0.05) is 12.5 Å². The monoisotopic (exact) mass is 303 g/mol. The van der Waals surface area contributed by atoms with Crippen molar-refractivity contribution in [2.45, 2.75) is 32.8 Å². The van der Waals surface area contributed by atoms with Gasteiger partial charge in [0.15, 0.2) is 5.76 Å². The van der Waals surface area contributed by atoms with Gasteiger partial charge in [-0.3, -0.25) is 4.79 Å². The van der Waals surface area contributed by atoms with Gasteiger partial charge in [0.25, 0.3) is 0 Å². The highest BCUT2D eigenvalue weighted by Gasteiger charge is 2.27. The van der Waals surface area contributed by atoms with E-state index >= 15 is 0 Å². The van der Waals surface area contributed by atoms with E-state index in [2.05, 4.69) is 5.16 Å². The van der Waals surface area contributed by atoms with Gasteiger partial charge >= 0.3 is 5.97 Å². The number of rotatable bonds is 8. The van der Waals surface area contributed by atoms with E-state index in [1.165, 1.54) is 0 Å². The molecule has 0 saturated heterocycles. The first kappa shape index (κ1) is 16.2. The highest BCUT2D eigenvalue weighted by atomic mass is 16.5. The molecule has 0 aliphatic rings. The quantitative estimate of drug-likeness (QED) is 0.758. The van der Waals surface area contributed by atoms with Crippen molar-refractivity contribution in [2.24, 2.45) is 5.92 Å². The standard InChI is InChI=1S/C17H21NO4/c1-12(2)16(17(19)20)15-10-14(18-22-15)8-9-21-11-13-6-4-3-5-7-13/h3-7,10,12,16H,8-9,11H2,1-2H3,(H,19,20). The van der Waals surface area contributed by atoms with Crippen molar-refractivity contribution in [2.75, 3.05) is 6.61 Å². The van der Waals surface area contributed by atoms with Crippen LogP contribution in [0.3, 0.4) is 0 Å². The van der Waals surface area contributed by atoms with E-state index in [0.717, 1.165) is 11.3 Å². The van der Waals surface area contributed by atoms with Gasteiger partial charge in [-0.15, -0.1) is 0 Å². The van der Waals surface area contributed by atoms with Crippen LogP contribution >= 0.6 is 0 Å². The number of aliphatic carboxylic acids is 1. The minimum atomic E-state index is -0.891. The summed E-state index contributed by atoms with van der Waals surface area (Å²) >= 11 is 0.